The van der Waals surface area contributed by atoms with Crippen molar-refractivity contribution < 1.29 is 9.53 Å². The second-order valence-corrected chi connectivity index (χ2v) is 6.17. The Hall–Kier alpha value is -3.09. The highest BCUT2D eigenvalue weighted by molar-refractivity contribution is 5.83. The van der Waals surface area contributed by atoms with Gasteiger partial charge in [-0.15, -0.1) is 0 Å². The number of hydrogen-bond donors (Lipinski definition) is 2. The van der Waals surface area contributed by atoms with Crippen molar-refractivity contribution in [3.63, 3.8) is 0 Å². The molecule has 2 aromatic heterocycles. The highest BCUT2D eigenvalue weighted by atomic mass is 16.5. The van der Waals surface area contributed by atoms with Crippen LogP contribution in [-0.4, -0.2) is 33.6 Å². The standard InChI is InChI=1S/C18H18N4O3/c1-25-13-4-2-11-8-14(18(24)21-15(11)9-13)17-19-6-7-22(17)10-12-3-5-16(23)20-12/h2,4,6-9,12H,3,5,10H2,1H3,(H,20,23)(H,21,24). The number of imidazole rings is 1. The molecule has 0 bridgehead atoms. The zero-order valence-corrected chi connectivity index (χ0v) is 13.8. The lowest BCUT2D eigenvalue weighted by Crippen LogP contribution is -2.29. The van der Waals surface area contributed by atoms with Gasteiger partial charge in [-0.25, -0.2) is 4.98 Å². The van der Waals surface area contributed by atoms with Crippen LogP contribution < -0.4 is 15.6 Å². The first-order chi connectivity index (χ1) is 12.1. The van der Waals surface area contributed by atoms with Gasteiger partial charge in [0.25, 0.3) is 5.56 Å². The van der Waals surface area contributed by atoms with Crippen LogP contribution in [0.4, 0.5) is 0 Å². The fourth-order valence-electron chi connectivity index (χ4n) is 3.23. The van der Waals surface area contributed by atoms with E-state index in [1.54, 1.807) is 19.4 Å². The van der Waals surface area contributed by atoms with Gasteiger partial charge in [0.1, 0.15) is 11.6 Å². The molecule has 3 heterocycles. The molecular weight excluding hydrogens is 320 g/mol. The molecule has 25 heavy (non-hydrogen) atoms. The maximum atomic E-state index is 12.6. The number of nitrogens with one attached hydrogen (secondary N) is 2. The van der Waals surface area contributed by atoms with Crippen LogP contribution in [0.25, 0.3) is 22.3 Å². The van der Waals surface area contributed by atoms with Gasteiger partial charge in [0.15, 0.2) is 0 Å². The van der Waals surface area contributed by atoms with Gasteiger partial charge >= 0.3 is 0 Å². The van der Waals surface area contributed by atoms with E-state index >= 15 is 0 Å². The van der Waals surface area contributed by atoms with E-state index in [1.807, 2.05) is 29.0 Å². The van der Waals surface area contributed by atoms with Crippen LogP contribution in [0.3, 0.4) is 0 Å². The van der Waals surface area contributed by atoms with E-state index in [0.717, 1.165) is 11.8 Å². The van der Waals surface area contributed by atoms with Crippen molar-refractivity contribution in [3.8, 4) is 17.1 Å². The van der Waals surface area contributed by atoms with Crippen molar-refractivity contribution >= 4 is 16.8 Å². The molecular formula is C18H18N4O3. The molecule has 3 aromatic rings. The van der Waals surface area contributed by atoms with Crippen molar-refractivity contribution in [1.29, 1.82) is 0 Å². The van der Waals surface area contributed by atoms with E-state index in [1.165, 1.54) is 0 Å². The number of hydrogen-bond acceptors (Lipinski definition) is 4. The van der Waals surface area contributed by atoms with Gasteiger partial charge in [-0.05, 0) is 30.0 Å². The third kappa shape index (κ3) is 2.88. The predicted molar refractivity (Wildman–Crippen MR) is 93.5 cm³/mol. The Morgan fingerprint density at radius 2 is 2.20 bits per heavy atom. The monoisotopic (exact) mass is 338 g/mol. The summed E-state index contributed by atoms with van der Waals surface area (Å²) in [5, 5.41) is 3.84. The molecule has 1 unspecified atom stereocenters. The number of aromatic amines is 1. The average Bonchev–Trinajstić information content (AvgIpc) is 3.23. The van der Waals surface area contributed by atoms with Crippen LogP contribution in [-0.2, 0) is 11.3 Å². The zero-order valence-electron chi connectivity index (χ0n) is 13.8. The number of fused-ring (bicyclic) bond motifs is 1. The Labute approximate surface area is 143 Å². The SMILES string of the molecule is COc1ccc2cc(-c3nccn3CC3CCC(=O)N3)c(=O)[nH]c2c1. The van der Waals surface area contributed by atoms with Crippen molar-refractivity contribution in [1.82, 2.24) is 19.9 Å². The summed E-state index contributed by atoms with van der Waals surface area (Å²) < 4.78 is 7.11. The number of nitrogens with zero attached hydrogens (tertiary/aromatic N) is 2. The maximum Gasteiger partial charge on any atom is 0.259 e. The maximum absolute atomic E-state index is 12.6. The molecule has 0 saturated carbocycles. The summed E-state index contributed by atoms with van der Waals surface area (Å²) in [4.78, 5) is 31.2. The number of H-pyrrole nitrogens is 1. The first-order valence-corrected chi connectivity index (χ1v) is 8.16. The lowest BCUT2D eigenvalue weighted by Gasteiger charge is -2.13. The minimum Gasteiger partial charge on any atom is -0.497 e. The molecule has 0 radical (unpaired) electrons. The average molecular weight is 338 g/mol. The van der Waals surface area contributed by atoms with Crippen molar-refractivity contribution in [2.75, 3.05) is 7.11 Å². The van der Waals surface area contributed by atoms with Crippen LogP contribution in [0.1, 0.15) is 12.8 Å². The summed E-state index contributed by atoms with van der Waals surface area (Å²) in [7, 11) is 1.59. The second-order valence-electron chi connectivity index (χ2n) is 6.17. The highest BCUT2D eigenvalue weighted by Gasteiger charge is 2.22. The molecule has 1 fully saturated rings. The fraction of sp³-hybridized carbons (Fsp3) is 0.278. The summed E-state index contributed by atoms with van der Waals surface area (Å²) in [6.45, 7) is 0.598. The van der Waals surface area contributed by atoms with Gasteiger partial charge in [0.05, 0.1) is 18.2 Å². The zero-order chi connectivity index (χ0) is 17.4. The molecule has 128 valence electrons. The van der Waals surface area contributed by atoms with Crippen LogP contribution in [0, 0.1) is 0 Å². The molecule has 0 aliphatic carbocycles. The first kappa shape index (κ1) is 15.4. The van der Waals surface area contributed by atoms with Crippen LogP contribution >= 0.6 is 0 Å². The fourth-order valence-corrected chi connectivity index (χ4v) is 3.23. The van der Waals surface area contributed by atoms with Crippen LogP contribution in [0.15, 0.2) is 41.5 Å². The van der Waals surface area contributed by atoms with E-state index in [9.17, 15) is 9.59 Å². The Morgan fingerprint density at radius 1 is 1.32 bits per heavy atom. The molecule has 1 saturated heterocycles. The molecule has 1 aliphatic heterocycles. The smallest absolute Gasteiger partial charge is 0.259 e. The summed E-state index contributed by atoms with van der Waals surface area (Å²) in [5.74, 6) is 1.36. The number of pyridine rings is 1. The minimum absolute atomic E-state index is 0.0733. The number of methoxy groups -OCH3 is 1. The quantitative estimate of drug-likeness (QED) is 0.757. The van der Waals surface area contributed by atoms with Crippen molar-refractivity contribution in [2.24, 2.45) is 0 Å². The molecule has 0 spiro atoms. The van der Waals surface area contributed by atoms with Gasteiger partial charge in [-0.1, -0.05) is 0 Å². The Balaban J connectivity index is 1.72. The number of benzene rings is 1. The van der Waals surface area contributed by atoms with E-state index < -0.39 is 0 Å². The Morgan fingerprint density at radius 3 is 2.96 bits per heavy atom. The number of ether oxygens (including phenoxy) is 1. The summed E-state index contributed by atoms with van der Waals surface area (Å²) >= 11 is 0. The number of amides is 1. The third-order valence-electron chi connectivity index (χ3n) is 4.51. The van der Waals surface area contributed by atoms with Gasteiger partial charge in [-0.2, -0.15) is 0 Å². The third-order valence-corrected chi connectivity index (χ3v) is 4.51. The normalized spacial score (nSPS) is 17.0. The lowest BCUT2D eigenvalue weighted by molar-refractivity contribution is -0.119. The molecule has 4 rings (SSSR count). The van der Waals surface area contributed by atoms with E-state index in [4.69, 9.17) is 4.74 Å². The van der Waals surface area contributed by atoms with Gasteiger partial charge in [0.2, 0.25) is 5.91 Å². The van der Waals surface area contributed by atoms with Gasteiger partial charge < -0.3 is 19.6 Å². The number of carbonyl (C=O) groups is 1. The summed E-state index contributed by atoms with van der Waals surface area (Å²) in [6, 6.07) is 7.45. The van der Waals surface area contributed by atoms with Crippen LogP contribution in [0.5, 0.6) is 5.75 Å². The highest BCUT2D eigenvalue weighted by Crippen LogP contribution is 2.22. The lowest BCUT2D eigenvalue weighted by atomic mass is 10.1. The topological polar surface area (TPSA) is 89.0 Å². The minimum atomic E-state index is -0.205. The molecule has 1 atom stereocenters. The molecule has 1 aromatic carbocycles. The predicted octanol–water partition coefficient (Wildman–Crippen LogP) is 1.68. The molecule has 1 amide bonds. The number of carbonyl (C=O) groups excluding carboxylic acids is 1. The van der Waals surface area contributed by atoms with Gasteiger partial charge in [0, 0.05) is 37.5 Å². The summed E-state index contributed by atoms with van der Waals surface area (Å²) in [6.07, 6.45) is 4.85. The van der Waals surface area contributed by atoms with E-state index in [0.29, 0.717) is 35.6 Å². The molecule has 7 nitrogen and oxygen atoms in total. The van der Waals surface area contributed by atoms with Crippen molar-refractivity contribution in [2.45, 2.75) is 25.4 Å². The number of rotatable bonds is 4. The van der Waals surface area contributed by atoms with Crippen molar-refractivity contribution in [3.05, 3.63) is 47.0 Å². The Bertz CT molecular complexity index is 1000. The first-order valence-electron chi connectivity index (χ1n) is 8.16. The molecule has 2 N–H and O–H groups in total. The van der Waals surface area contributed by atoms with E-state index in [-0.39, 0.29) is 17.5 Å². The molecule has 1 aliphatic rings. The Kier molecular flexibility index (Phi) is 3.76. The molecule has 7 heteroatoms. The largest absolute Gasteiger partial charge is 0.497 e. The van der Waals surface area contributed by atoms with Gasteiger partial charge in [-0.3, -0.25) is 9.59 Å². The van der Waals surface area contributed by atoms with Crippen LogP contribution in [0.2, 0.25) is 0 Å². The second kappa shape index (κ2) is 6.08. The number of aromatic nitrogens is 3. The van der Waals surface area contributed by atoms with E-state index in [2.05, 4.69) is 15.3 Å². The summed E-state index contributed by atoms with van der Waals surface area (Å²) in [5.41, 5.74) is 1.02.